The molecule has 2 fully saturated rings. The van der Waals surface area contributed by atoms with E-state index in [2.05, 4.69) is 46.0 Å². The molecule has 29 heavy (non-hydrogen) atoms. The van der Waals surface area contributed by atoms with Crippen LogP contribution < -0.4 is 15.1 Å². The summed E-state index contributed by atoms with van der Waals surface area (Å²) in [6.45, 7) is 12.5. The number of amides is 2. The van der Waals surface area contributed by atoms with Gasteiger partial charge in [0.05, 0.1) is 6.04 Å². The van der Waals surface area contributed by atoms with E-state index in [9.17, 15) is 9.59 Å². The Morgan fingerprint density at radius 1 is 1.17 bits per heavy atom. The van der Waals surface area contributed by atoms with Crippen LogP contribution in [0.2, 0.25) is 0 Å². The second-order valence-electron chi connectivity index (χ2n) is 8.71. The molecule has 1 atom stereocenters. The fourth-order valence-electron chi connectivity index (χ4n) is 3.75. The van der Waals surface area contributed by atoms with Crippen molar-refractivity contribution in [1.82, 2.24) is 10.2 Å². The van der Waals surface area contributed by atoms with Crippen molar-refractivity contribution in [3.63, 3.8) is 0 Å². The average molecular weight is 401 g/mol. The number of ether oxygens (including phenoxy) is 1. The number of likely N-dealkylation sites (N-methyl/N-ethyl adjacent to an activating group) is 1. The highest BCUT2D eigenvalue weighted by Crippen LogP contribution is 2.26. The Balaban J connectivity index is 1.56. The summed E-state index contributed by atoms with van der Waals surface area (Å²) < 4.78 is 5.46. The summed E-state index contributed by atoms with van der Waals surface area (Å²) in [6.07, 6.45) is 1.05. The van der Waals surface area contributed by atoms with E-state index in [0.29, 0.717) is 19.5 Å². The number of carbonyl (C=O) groups is 2. The van der Waals surface area contributed by atoms with Crippen LogP contribution in [0.4, 0.5) is 16.2 Å². The Morgan fingerprint density at radius 3 is 2.34 bits per heavy atom. The SMILES string of the molecule is C=C1NC(=O)CCC1N(C)c1ccc(N2CCN(C(=O)OC(C)(C)C)CC2)cc1. The molecule has 1 aromatic rings. The molecule has 1 N–H and O–H groups in total. The predicted molar refractivity (Wildman–Crippen MR) is 115 cm³/mol. The van der Waals surface area contributed by atoms with Gasteiger partial charge in [0, 0.05) is 56.7 Å². The molecule has 3 rings (SSSR count). The molecule has 158 valence electrons. The molecular formula is C22H32N4O3. The molecule has 2 aliphatic heterocycles. The van der Waals surface area contributed by atoms with E-state index in [1.807, 2.05) is 27.8 Å². The van der Waals surface area contributed by atoms with Gasteiger partial charge in [-0.05, 0) is 51.5 Å². The molecule has 0 radical (unpaired) electrons. The van der Waals surface area contributed by atoms with Gasteiger partial charge in [-0.15, -0.1) is 0 Å². The molecule has 1 aromatic carbocycles. The second kappa shape index (κ2) is 8.35. The number of nitrogens with zero attached hydrogens (tertiary/aromatic N) is 3. The lowest BCUT2D eigenvalue weighted by molar-refractivity contribution is -0.121. The van der Waals surface area contributed by atoms with Gasteiger partial charge in [0.25, 0.3) is 0 Å². The van der Waals surface area contributed by atoms with E-state index in [-0.39, 0.29) is 18.0 Å². The van der Waals surface area contributed by atoms with Gasteiger partial charge in [0.2, 0.25) is 5.91 Å². The van der Waals surface area contributed by atoms with E-state index >= 15 is 0 Å². The first kappa shape index (κ1) is 21.0. The fraction of sp³-hybridized carbons (Fsp3) is 0.545. The first-order valence-electron chi connectivity index (χ1n) is 10.2. The molecule has 7 heteroatoms. The van der Waals surface area contributed by atoms with Gasteiger partial charge in [-0.2, -0.15) is 0 Å². The zero-order chi connectivity index (χ0) is 21.2. The highest BCUT2D eigenvalue weighted by molar-refractivity contribution is 5.79. The third-order valence-electron chi connectivity index (χ3n) is 5.37. The summed E-state index contributed by atoms with van der Waals surface area (Å²) in [5.74, 6) is 0.0421. The minimum Gasteiger partial charge on any atom is -0.444 e. The van der Waals surface area contributed by atoms with Crippen LogP contribution in [0, 0.1) is 0 Å². The van der Waals surface area contributed by atoms with Crippen LogP contribution >= 0.6 is 0 Å². The molecule has 0 aliphatic carbocycles. The lowest BCUT2D eigenvalue weighted by atomic mass is 10.0. The number of hydrogen-bond acceptors (Lipinski definition) is 5. The quantitative estimate of drug-likeness (QED) is 0.845. The maximum absolute atomic E-state index is 12.2. The second-order valence-corrected chi connectivity index (χ2v) is 8.71. The predicted octanol–water partition coefficient (Wildman–Crippen LogP) is 2.97. The molecule has 0 aromatic heterocycles. The third-order valence-corrected chi connectivity index (χ3v) is 5.37. The van der Waals surface area contributed by atoms with E-state index < -0.39 is 5.60 Å². The van der Waals surface area contributed by atoms with Crippen molar-refractivity contribution in [2.45, 2.75) is 45.3 Å². The molecule has 7 nitrogen and oxygen atoms in total. The van der Waals surface area contributed by atoms with E-state index in [0.717, 1.165) is 36.6 Å². The highest BCUT2D eigenvalue weighted by atomic mass is 16.6. The van der Waals surface area contributed by atoms with Crippen LogP contribution in [0.3, 0.4) is 0 Å². The van der Waals surface area contributed by atoms with Crippen LogP contribution in [0.1, 0.15) is 33.6 Å². The monoisotopic (exact) mass is 400 g/mol. The van der Waals surface area contributed by atoms with Gasteiger partial charge < -0.3 is 24.8 Å². The number of rotatable bonds is 3. The van der Waals surface area contributed by atoms with Gasteiger partial charge >= 0.3 is 6.09 Å². The lowest BCUT2D eigenvalue weighted by Gasteiger charge is -2.37. The molecule has 2 saturated heterocycles. The van der Waals surface area contributed by atoms with Crippen LogP contribution in [0.5, 0.6) is 0 Å². The number of carbonyl (C=O) groups excluding carboxylic acids is 2. The summed E-state index contributed by atoms with van der Waals surface area (Å²) in [5.41, 5.74) is 2.51. The molecule has 0 bridgehead atoms. The van der Waals surface area contributed by atoms with Crippen molar-refractivity contribution >= 4 is 23.4 Å². The van der Waals surface area contributed by atoms with Crippen molar-refractivity contribution in [3.05, 3.63) is 36.5 Å². The Labute approximate surface area is 173 Å². The third kappa shape index (κ3) is 5.22. The maximum Gasteiger partial charge on any atom is 0.410 e. The number of anilines is 2. The van der Waals surface area contributed by atoms with Gasteiger partial charge in [-0.25, -0.2) is 4.79 Å². The molecular weight excluding hydrogens is 368 g/mol. The first-order valence-corrected chi connectivity index (χ1v) is 10.2. The van der Waals surface area contributed by atoms with Crippen LogP contribution in [0.15, 0.2) is 36.5 Å². The molecule has 0 spiro atoms. The van der Waals surface area contributed by atoms with Crippen molar-refractivity contribution in [2.75, 3.05) is 43.0 Å². The average Bonchev–Trinajstić information content (AvgIpc) is 2.66. The molecule has 0 saturated carbocycles. The number of piperazine rings is 1. The lowest BCUT2D eigenvalue weighted by Crippen LogP contribution is -2.50. The maximum atomic E-state index is 12.2. The van der Waals surface area contributed by atoms with E-state index in [4.69, 9.17) is 4.74 Å². The van der Waals surface area contributed by atoms with Crippen molar-refractivity contribution in [2.24, 2.45) is 0 Å². The highest BCUT2D eigenvalue weighted by Gasteiger charge is 2.27. The van der Waals surface area contributed by atoms with Crippen LogP contribution in [-0.2, 0) is 9.53 Å². The Morgan fingerprint density at radius 2 is 1.79 bits per heavy atom. The largest absolute Gasteiger partial charge is 0.444 e. The van der Waals surface area contributed by atoms with Crippen molar-refractivity contribution in [3.8, 4) is 0 Å². The number of benzene rings is 1. The van der Waals surface area contributed by atoms with Gasteiger partial charge in [-0.1, -0.05) is 6.58 Å². The summed E-state index contributed by atoms with van der Waals surface area (Å²) in [6, 6.07) is 8.52. The van der Waals surface area contributed by atoms with Crippen LogP contribution in [-0.4, -0.2) is 61.8 Å². The normalized spacial score (nSPS) is 20.3. The van der Waals surface area contributed by atoms with Gasteiger partial charge in [0.15, 0.2) is 0 Å². The van der Waals surface area contributed by atoms with Crippen LogP contribution in [0.25, 0.3) is 0 Å². The topological polar surface area (TPSA) is 65.1 Å². The number of hydrogen-bond donors (Lipinski definition) is 1. The zero-order valence-electron chi connectivity index (χ0n) is 17.9. The minimum absolute atomic E-state index is 0.0421. The minimum atomic E-state index is -0.470. The van der Waals surface area contributed by atoms with E-state index in [1.54, 1.807) is 4.90 Å². The van der Waals surface area contributed by atoms with Gasteiger partial charge in [-0.3, -0.25) is 4.79 Å². The molecule has 1 unspecified atom stereocenters. The fourth-order valence-corrected chi connectivity index (χ4v) is 3.75. The molecule has 2 amide bonds. The van der Waals surface area contributed by atoms with Crippen molar-refractivity contribution < 1.29 is 14.3 Å². The molecule has 2 heterocycles. The summed E-state index contributed by atoms with van der Waals surface area (Å²) >= 11 is 0. The summed E-state index contributed by atoms with van der Waals surface area (Å²) in [5, 5.41) is 2.84. The summed E-state index contributed by atoms with van der Waals surface area (Å²) in [7, 11) is 2.03. The number of nitrogens with one attached hydrogen (secondary N) is 1. The molecule has 2 aliphatic rings. The van der Waals surface area contributed by atoms with E-state index in [1.165, 1.54) is 0 Å². The standard InChI is InChI=1S/C22H32N4O3/c1-16-19(10-11-20(27)23-16)24(5)17-6-8-18(9-7-17)25-12-14-26(15-13-25)21(28)29-22(2,3)4/h6-9,19H,1,10-15H2,2-5H3,(H,23,27). The Bertz CT molecular complexity index is 761. The zero-order valence-corrected chi connectivity index (χ0v) is 17.9. The Kier molecular flexibility index (Phi) is 6.05. The smallest absolute Gasteiger partial charge is 0.410 e. The first-order chi connectivity index (χ1) is 13.6. The van der Waals surface area contributed by atoms with Crippen molar-refractivity contribution in [1.29, 1.82) is 0 Å². The number of piperidine rings is 1. The van der Waals surface area contributed by atoms with Gasteiger partial charge in [0.1, 0.15) is 5.60 Å². The Hall–Kier alpha value is -2.70. The summed E-state index contributed by atoms with van der Waals surface area (Å²) in [4.78, 5) is 29.9.